The molecular formula is C55H68N4O8. The second kappa shape index (κ2) is 23.3. The van der Waals surface area contributed by atoms with Crippen LogP contribution in [0, 0.1) is 6.92 Å². The van der Waals surface area contributed by atoms with Gasteiger partial charge in [-0.15, -0.1) is 0 Å². The second-order valence-electron chi connectivity index (χ2n) is 18.1. The van der Waals surface area contributed by atoms with Crippen LogP contribution in [-0.4, -0.2) is 76.5 Å². The number of nitrogens with one attached hydrogen (secondary N) is 1. The van der Waals surface area contributed by atoms with Gasteiger partial charge in [0.05, 0.1) is 27.4 Å². The highest BCUT2D eigenvalue weighted by Crippen LogP contribution is 2.50. The molecule has 7 rings (SSSR count). The Bertz CT molecular complexity index is 2360. The molecule has 0 radical (unpaired) electrons. The van der Waals surface area contributed by atoms with Gasteiger partial charge in [-0.1, -0.05) is 157 Å². The quantitative estimate of drug-likeness (QED) is 0.0432. The van der Waals surface area contributed by atoms with Gasteiger partial charge in [0.2, 0.25) is 5.91 Å². The van der Waals surface area contributed by atoms with Crippen molar-refractivity contribution < 1.29 is 33.6 Å². The summed E-state index contributed by atoms with van der Waals surface area (Å²) in [6.07, 6.45) is 15.1. The first-order valence-electron chi connectivity index (χ1n) is 24.2. The number of aliphatic hydroxyl groups is 1. The van der Waals surface area contributed by atoms with Gasteiger partial charge in [0.15, 0.2) is 6.23 Å². The van der Waals surface area contributed by atoms with Crippen LogP contribution in [0.25, 0.3) is 0 Å². The fourth-order valence-electron chi connectivity index (χ4n) is 9.72. The molecule has 0 aliphatic carbocycles. The molecule has 2 saturated heterocycles. The molecule has 2 amide bonds. The molecule has 67 heavy (non-hydrogen) atoms. The minimum Gasteiger partial charge on any atom is -0.497 e. The molecular weight excluding hydrogens is 845 g/mol. The monoisotopic (exact) mass is 913 g/mol. The molecule has 2 aliphatic heterocycles. The lowest BCUT2D eigenvalue weighted by Crippen LogP contribution is -2.52. The lowest BCUT2D eigenvalue weighted by atomic mass is 9.79. The molecule has 2 fully saturated rings. The van der Waals surface area contributed by atoms with Crippen molar-refractivity contribution in [3.63, 3.8) is 0 Å². The molecule has 12 heteroatoms. The van der Waals surface area contributed by atoms with Gasteiger partial charge in [-0.2, -0.15) is 4.98 Å². The van der Waals surface area contributed by atoms with Crippen LogP contribution in [0.3, 0.4) is 0 Å². The van der Waals surface area contributed by atoms with Crippen LogP contribution in [-0.2, 0) is 19.9 Å². The van der Waals surface area contributed by atoms with Gasteiger partial charge in [0.1, 0.15) is 40.7 Å². The summed E-state index contributed by atoms with van der Waals surface area (Å²) in [4.78, 5) is 47.5. The number of unbranched alkanes of at least 4 members (excludes halogenated alkanes) is 12. The first-order chi connectivity index (χ1) is 32.6. The van der Waals surface area contributed by atoms with Crippen LogP contribution in [0.1, 0.15) is 136 Å². The molecule has 2 bridgehead atoms. The standard InChI is InChI=1S/C55H68N4O8/c1-5-6-7-8-9-10-11-12-13-14-15-16-23-28-47(60)59-38-54(49(61)48(59)52(67-54)58-37-40(2)50(57-53(58)63)56-51(62)41-24-19-17-20-25-41)39-66-55(42-26-21-18-22-27-42,43-29-33-45(64-3)34-30-43)44-31-35-46(65-4)36-32-44/h17-22,24-27,29-37,48-49,52,61H,5-16,23,28,38-39H2,1-4H3,(H,56,57,62,63)/t48-,49+,52-,54-/m1/s1. The van der Waals surface area contributed by atoms with E-state index in [1.54, 1.807) is 56.5 Å². The first kappa shape index (κ1) is 49.1. The Labute approximate surface area is 395 Å². The summed E-state index contributed by atoms with van der Waals surface area (Å²) in [7, 11) is 3.24. The van der Waals surface area contributed by atoms with E-state index in [-0.39, 0.29) is 24.9 Å². The third-order valence-electron chi connectivity index (χ3n) is 13.5. The van der Waals surface area contributed by atoms with Crippen LogP contribution >= 0.6 is 0 Å². The zero-order valence-electron chi connectivity index (χ0n) is 39.7. The molecule has 2 N–H and O–H groups in total. The lowest BCUT2D eigenvalue weighted by molar-refractivity contribution is -0.183. The number of likely N-dealkylation sites (tertiary alicyclic amines) is 1. The molecule has 2 aliphatic rings. The Hall–Kier alpha value is -5.82. The van der Waals surface area contributed by atoms with Gasteiger partial charge in [-0.3, -0.25) is 14.2 Å². The van der Waals surface area contributed by atoms with E-state index >= 15 is 0 Å². The summed E-state index contributed by atoms with van der Waals surface area (Å²) < 4.78 is 26.6. The number of carbonyl (C=O) groups excluding carboxylic acids is 2. The summed E-state index contributed by atoms with van der Waals surface area (Å²) >= 11 is 0. The van der Waals surface area contributed by atoms with E-state index in [2.05, 4.69) is 17.2 Å². The zero-order valence-corrected chi connectivity index (χ0v) is 39.7. The maximum Gasteiger partial charge on any atom is 0.351 e. The predicted molar refractivity (Wildman–Crippen MR) is 261 cm³/mol. The fraction of sp³-hybridized carbons (Fsp3) is 0.455. The number of ether oxygens (including phenoxy) is 4. The number of carbonyl (C=O) groups is 2. The third-order valence-corrected chi connectivity index (χ3v) is 13.5. The van der Waals surface area contributed by atoms with Gasteiger partial charge < -0.3 is 34.3 Å². The number of hydrogen-bond acceptors (Lipinski definition) is 9. The number of benzene rings is 4. The van der Waals surface area contributed by atoms with E-state index < -0.39 is 41.2 Å². The van der Waals surface area contributed by atoms with Crippen LogP contribution in [0.4, 0.5) is 5.82 Å². The SMILES string of the molecule is CCCCCCCCCCCCCCCC(=O)N1C[C@]2(COC(c3ccccc3)(c3ccc(OC)cc3)c3ccc(OC)cc3)O[C@@H](n3cc(C)c(NC(=O)c4ccccc4)nc3=O)[C@H]1[C@@H]2O. The Kier molecular flexibility index (Phi) is 17.0. The van der Waals surface area contributed by atoms with E-state index in [1.807, 2.05) is 84.9 Å². The number of rotatable bonds is 25. The highest BCUT2D eigenvalue weighted by molar-refractivity contribution is 6.04. The van der Waals surface area contributed by atoms with E-state index in [1.165, 1.54) is 62.4 Å². The molecule has 356 valence electrons. The Morgan fingerprint density at radius 2 is 1.25 bits per heavy atom. The fourth-order valence-corrected chi connectivity index (χ4v) is 9.72. The van der Waals surface area contributed by atoms with Gasteiger partial charge in [0.25, 0.3) is 5.91 Å². The summed E-state index contributed by atoms with van der Waals surface area (Å²) in [5.74, 6) is 0.933. The largest absolute Gasteiger partial charge is 0.497 e. The second-order valence-corrected chi connectivity index (χ2v) is 18.1. The number of fused-ring (bicyclic) bond motifs is 2. The van der Waals surface area contributed by atoms with Crippen molar-refractivity contribution in [3.8, 4) is 11.5 Å². The van der Waals surface area contributed by atoms with Crippen LogP contribution in [0.5, 0.6) is 11.5 Å². The number of aromatic nitrogens is 2. The minimum absolute atomic E-state index is 0.0507. The molecule has 5 aromatic rings. The van der Waals surface area contributed by atoms with Gasteiger partial charge >= 0.3 is 5.69 Å². The summed E-state index contributed by atoms with van der Waals surface area (Å²) in [5, 5.41) is 15.3. The predicted octanol–water partition coefficient (Wildman–Crippen LogP) is 10.2. The molecule has 0 saturated carbocycles. The van der Waals surface area contributed by atoms with Crippen molar-refractivity contribution >= 4 is 17.6 Å². The number of amides is 2. The molecule has 0 unspecified atom stereocenters. The van der Waals surface area contributed by atoms with Gasteiger partial charge in [-0.25, -0.2) is 4.79 Å². The molecule has 4 aromatic carbocycles. The molecule has 4 atom stereocenters. The number of aryl methyl sites for hydroxylation is 1. The van der Waals surface area contributed by atoms with Crippen molar-refractivity contribution in [1.82, 2.24) is 14.5 Å². The van der Waals surface area contributed by atoms with Crippen LogP contribution in [0.2, 0.25) is 0 Å². The highest BCUT2D eigenvalue weighted by Gasteiger charge is 2.66. The smallest absolute Gasteiger partial charge is 0.351 e. The molecule has 1 aromatic heterocycles. The summed E-state index contributed by atoms with van der Waals surface area (Å²) in [6, 6.07) is 32.9. The normalized spacial score (nSPS) is 18.8. The number of morpholine rings is 1. The summed E-state index contributed by atoms with van der Waals surface area (Å²) in [6.45, 7) is 3.88. The van der Waals surface area contributed by atoms with Crippen molar-refractivity contribution in [1.29, 1.82) is 0 Å². The lowest BCUT2D eigenvalue weighted by Gasteiger charge is -2.41. The zero-order chi connectivity index (χ0) is 47.2. The Balaban J connectivity index is 1.15. The van der Waals surface area contributed by atoms with E-state index in [0.717, 1.165) is 36.0 Å². The maximum absolute atomic E-state index is 14.4. The average Bonchev–Trinajstić information content (AvgIpc) is 3.80. The Morgan fingerprint density at radius 1 is 0.746 bits per heavy atom. The topological polar surface area (TPSA) is 141 Å². The first-order valence-corrected chi connectivity index (χ1v) is 24.2. The third kappa shape index (κ3) is 11.3. The Morgan fingerprint density at radius 3 is 1.79 bits per heavy atom. The van der Waals surface area contributed by atoms with E-state index in [4.69, 9.17) is 18.9 Å². The van der Waals surface area contributed by atoms with Crippen molar-refractivity contribution in [2.75, 3.05) is 32.7 Å². The van der Waals surface area contributed by atoms with Gasteiger partial charge in [0, 0.05) is 23.7 Å². The molecule has 3 heterocycles. The molecule has 0 spiro atoms. The van der Waals surface area contributed by atoms with E-state index in [9.17, 15) is 19.5 Å². The van der Waals surface area contributed by atoms with E-state index in [0.29, 0.717) is 35.5 Å². The number of anilines is 1. The van der Waals surface area contributed by atoms with Crippen molar-refractivity contribution in [2.45, 2.75) is 133 Å². The molecule has 12 nitrogen and oxygen atoms in total. The average molecular weight is 913 g/mol. The number of aliphatic hydroxyl groups excluding tert-OH is 1. The van der Waals surface area contributed by atoms with Crippen LogP contribution in [0.15, 0.2) is 120 Å². The van der Waals surface area contributed by atoms with Gasteiger partial charge in [-0.05, 0) is 66.4 Å². The van der Waals surface area contributed by atoms with Crippen molar-refractivity contribution in [3.05, 3.63) is 154 Å². The maximum atomic E-state index is 14.4. The van der Waals surface area contributed by atoms with Crippen molar-refractivity contribution in [2.24, 2.45) is 0 Å². The summed E-state index contributed by atoms with van der Waals surface area (Å²) in [5.41, 5.74) is -0.0740. The highest BCUT2D eigenvalue weighted by atomic mass is 16.6. The number of nitrogens with zero attached hydrogens (tertiary/aromatic N) is 3. The van der Waals surface area contributed by atoms with Crippen LogP contribution < -0.4 is 20.5 Å². The number of hydrogen-bond donors (Lipinski definition) is 2. The number of methoxy groups -OCH3 is 2. The minimum atomic E-state index is -1.45.